The first-order valence-corrected chi connectivity index (χ1v) is 9.65. The second kappa shape index (κ2) is 9.55. The molecule has 0 unspecified atom stereocenters. The van der Waals surface area contributed by atoms with Crippen LogP contribution in [0, 0.1) is 6.92 Å². The van der Waals surface area contributed by atoms with Crippen molar-refractivity contribution in [2.75, 3.05) is 0 Å². The molecule has 0 radical (unpaired) electrons. The van der Waals surface area contributed by atoms with Crippen LogP contribution in [0.1, 0.15) is 16.7 Å². The van der Waals surface area contributed by atoms with Crippen LogP contribution >= 0.6 is 39.1 Å². The summed E-state index contributed by atoms with van der Waals surface area (Å²) >= 11 is 14.9. The van der Waals surface area contributed by atoms with Gasteiger partial charge >= 0.3 is 29.6 Å². The van der Waals surface area contributed by atoms with E-state index in [4.69, 9.17) is 23.2 Å². The van der Waals surface area contributed by atoms with E-state index in [2.05, 4.69) is 20.3 Å². The average molecular weight is 471 g/mol. The summed E-state index contributed by atoms with van der Waals surface area (Å²) in [5.74, 6) is -0.847. The third-order valence-electron chi connectivity index (χ3n) is 2.94. The third kappa shape index (κ3) is 6.71. The number of hydrogen-bond acceptors (Lipinski definition) is 3. The Kier molecular flexibility index (Phi) is 8.67. The van der Waals surface area contributed by atoms with Crippen LogP contribution in [0.3, 0.4) is 0 Å². The van der Waals surface area contributed by atoms with Crippen molar-refractivity contribution in [2.24, 2.45) is 4.40 Å². The molecule has 9 heteroatoms. The quantitative estimate of drug-likeness (QED) is 0.382. The van der Waals surface area contributed by atoms with E-state index in [-0.39, 0.29) is 35.1 Å². The summed E-state index contributed by atoms with van der Waals surface area (Å²) in [6.45, 7) is 1.85. The second-order valence-corrected chi connectivity index (χ2v) is 8.02. The first kappa shape index (κ1) is 22.7. The summed E-state index contributed by atoms with van der Waals surface area (Å²) in [5.41, 5.74) is 1.63. The van der Waals surface area contributed by atoms with E-state index in [1.54, 1.807) is 24.3 Å². The summed E-state index contributed by atoms with van der Waals surface area (Å²) < 4.78 is 27.7. The zero-order valence-corrected chi connectivity index (χ0v) is 19.2. The Morgan fingerprint density at radius 3 is 2.44 bits per heavy atom. The molecule has 0 aromatic heterocycles. The molecular weight excluding hydrogens is 460 g/mol. The van der Waals surface area contributed by atoms with Crippen LogP contribution in [0.5, 0.6) is 0 Å². The van der Waals surface area contributed by atoms with E-state index in [0.29, 0.717) is 20.1 Å². The molecule has 0 heterocycles. The van der Waals surface area contributed by atoms with E-state index in [1.807, 2.05) is 6.92 Å². The summed E-state index contributed by atoms with van der Waals surface area (Å²) in [4.78, 5) is 0. The maximum atomic E-state index is 12.1. The van der Waals surface area contributed by atoms with Crippen LogP contribution in [0.4, 0.5) is 0 Å². The number of halogens is 3. The predicted molar refractivity (Wildman–Crippen MR) is 99.8 cm³/mol. The number of benzene rings is 2. The van der Waals surface area contributed by atoms with Gasteiger partial charge in [-0.15, -0.1) is 0 Å². The van der Waals surface area contributed by atoms with Crippen molar-refractivity contribution in [1.29, 1.82) is 0 Å². The minimum Gasteiger partial charge on any atom is -0.858 e. The van der Waals surface area contributed by atoms with Crippen LogP contribution < -0.4 is 34.7 Å². The molecule has 0 N–H and O–H groups in total. The maximum Gasteiger partial charge on any atom is 1.00 e. The molecule has 2 aromatic rings. The van der Waals surface area contributed by atoms with Gasteiger partial charge < -0.3 is 5.11 Å². The molecule has 25 heavy (non-hydrogen) atoms. The third-order valence-corrected chi connectivity index (χ3v) is 5.24. The van der Waals surface area contributed by atoms with Crippen molar-refractivity contribution in [2.45, 2.75) is 6.92 Å². The number of rotatable bonds is 4. The molecule has 0 amide bonds. The number of sulfonamides is 1. The van der Waals surface area contributed by atoms with Crippen LogP contribution in [0.15, 0.2) is 50.7 Å². The van der Waals surface area contributed by atoms with Gasteiger partial charge in [-0.25, -0.2) is 0 Å². The second-order valence-electron chi connectivity index (χ2n) is 4.87. The molecule has 0 aliphatic heterocycles. The first-order valence-electron chi connectivity index (χ1n) is 6.59. The fourth-order valence-electron chi connectivity index (χ4n) is 1.77. The van der Waals surface area contributed by atoms with Crippen LogP contribution in [0.2, 0.25) is 10.0 Å². The molecule has 126 valence electrons. The Labute approximate surface area is 187 Å². The maximum absolute atomic E-state index is 12.1. The van der Waals surface area contributed by atoms with Gasteiger partial charge in [0.1, 0.15) is 0 Å². The Morgan fingerprint density at radius 2 is 1.84 bits per heavy atom. The number of nitrogens with zero attached hydrogens (tertiary/aromatic N) is 1. The van der Waals surface area contributed by atoms with Gasteiger partial charge in [0.15, 0.2) is 0 Å². The minimum absolute atomic E-state index is 0. The van der Waals surface area contributed by atoms with Crippen LogP contribution in [0.25, 0.3) is 6.08 Å². The normalized spacial score (nSPS) is 12.2. The van der Waals surface area contributed by atoms with Gasteiger partial charge in [0, 0.05) is 15.9 Å². The van der Waals surface area contributed by atoms with Gasteiger partial charge in [0.2, 0.25) is 0 Å². The van der Waals surface area contributed by atoms with Crippen molar-refractivity contribution in [1.82, 2.24) is 0 Å². The molecule has 2 aromatic carbocycles. The van der Waals surface area contributed by atoms with Gasteiger partial charge in [0.25, 0.3) is 10.0 Å². The fraction of sp³-hybridized carbons (Fsp3) is 0.0625. The zero-order valence-electron chi connectivity index (χ0n) is 13.3. The first-order chi connectivity index (χ1) is 11.2. The molecular formula is C16H11BrCl2NNaO3S. The number of aryl methyl sites for hydroxylation is 1. The van der Waals surface area contributed by atoms with E-state index < -0.39 is 15.9 Å². The average Bonchev–Trinajstić information content (AvgIpc) is 2.48. The summed E-state index contributed by atoms with van der Waals surface area (Å²) in [7, 11) is -4.08. The predicted octanol–water partition coefficient (Wildman–Crippen LogP) is 1.18. The van der Waals surface area contributed by atoms with Gasteiger partial charge in [-0.05, 0) is 42.3 Å². The molecule has 0 aliphatic rings. The molecule has 0 spiro atoms. The standard InChI is InChI=1S/C16H12BrCl2NO3S.Na/c1-10-2-4-12(13(17)8-10)16(21)20-24(22,23)7-6-11-3-5-14(18)15(19)9-11;/h2-9H,1H3,(H,20,21);/q;+1/p-1/b7-6+;. The monoisotopic (exact) mass is 469 g/mol. The Hall–Kier alpha value is -0.340. The van der Waals surface area contributed by atoms with E-state index in [9.17, 15) is 13.5 Å². The molecule has 0 saturated heterocycles. The Bertz CT molecular complexity index is 946. The van der Waals surface area contributed by atoms with Crippen LogP contribution in [-0.2, 0) is 10.0 Å². The smallest absolute Gasteiger partial charge is 0.858 e. The van der Waals surface area contributed by atoms with E-state index >= 15 is 0 Å². The largest absolute Gasteiger partial charge is 1.00 e. The summed E-state index contributed by atoms with van der Waals surface area (Å²) in [5, 5.41) is 13.6. The summed E-state index contributed by atoms with van der Waals surface area (Å²) in [6, 6.07) is 9.57. The topological polar surface area (TPSA) is 69.6 Å². The fourth-order valence-corrected chi connectivity index (χ4v) is 3.46. The van der Waals surface area contributed by atoms with E-state index in [0.717, 1.165) is 11.0 Å². The van der Waals surface area contributed by atoms with E-state index in [1.165, 1.54) is 18.2 Å². The van der Waals surface area contributed by atoms with Crippen molar-refractivity contribution < 1.29 is 43.1 Å². The molecule has 2 rings (SSSR count). The Morgan fingerprint density at radius 1 is 1.16 bits per heavy atom. The molecule has 0 saturated carbocycles. The summed E-state index contributed by atoms with van der Waals surface area (Å²) in [6.07, 6.45) is 1.29. The molecule has 0 atom stereocenters. The van der Waals surface area contributed by atoms with Gasteiger partial charge in [-0.3, -0.25) is 0 Å². The Balaban J connectivity index is 0.00000312. The van der Waals surface area contributed by atoms with Gasteiger partial charge in [-0.1, -0.05) is 57.3 Å². The number of hydrogen-bond donors (Lipinski definition) is 0. The zero-order chi connectivity index (χ0) is 17.9. The van der Waals surface area contributed by atoms with Crippen molar-refractivity contribution in [3.63, 3.8) is 0 Å². The molecule has 4 nitrogen and oxygen atoms in total. The minimum atomic E-state index is -4.08. The molecule has 0 aliphatic carbocycles. The van der Waals surface area contributed by atoms with Gasteiger partial charge in [-0.2, -0.15) is 12.8 Å². The van der Waals surface area contributed by atoms with Gasteiger partial charge in [0.05, 0.1) is 15.5 Å². The SMILES string of the molecule is Cc1ccc(/C([O-])=N/S(=O)(=O)/C=C/c2ccc(Cl)c(Cl)c2)c(Br)c1.[Na+]. The van der Waals surface area contributed by atoms with Crippen molar-refractivity contribution in [3.8, 4) is 0 Å². The van der Waals surface area contributed by atoms with Crippen molar-refractivity contribution >= 4 is 61.1 Å². The van der Waals surface area contributed by atoms with Crippen molar-refractivity contribution in [3.05, 3.63) is 73.0 Å². The molecule has 0 bridgehead atoms. The van der Waals surface area contributed by atoms with Crippen LogP contribution in [-0.4, -0.2) is 14.3 Å². The molecule has 0 fully saturated rings.